The number of hydrogen-bond acceptors (Lipinski definition) is 6. The number of hydrogen-bond donors (Lipinski definition) is 0. The second kappa shape index (κ2) is 8.19. The summed E-state index contributed by atoms with van der Waals surface area (Å²) in [5.41, 5.74) is 2.03. The van der Waals surface area contributed by atoms with E-state index in [2.05, 4.69) is 17.0 Å². The van der Waals surface area contributed by atoms with Gasteiger partial charge in [-0.2, -0.15) is 0 Å². The molecule has 4 aromatic rings. The van der Waals surface area contributed by atoms with Gasteiger partial charge in [0.05, 0.1) is 11.1 Å². The summed E-state index contributed by atoms with van der Waals surface area (Å²) in [5.74, 6) is 0.223. The molecule has 1 aliphatic heterocycles. The molecule has 8 nitrogen and oxygen atoms in total. The Hall–Kier alpha value is -3.27. The number of aromatic nitrogens is 4. The molecule has 3 aromatic heterocycles. The van der Waals surface area contributed by atoms with E-state index in [1.807, 2.05) is 11.0 Å². The number of carbonyl (C=O) groups is 1. The Balaban J connectivity index is 1.23. The number of para-hydroxylation sites is 1. The lowest BCUT2D eigenvalue weighted by Crippen LogP contribution is -2.50. The number of aryl methyl sites for hydroxylation is 1. The van der Waals surface area contributed by atoms with Crippen LogP contribution in [0.3, 0.4) is 0 Å². The van der Waals surface area contributed by atoms with Gasteiger partial charge in [-0.3, -0.25) is 4.79 Å². The van der Waals surface area contributed by atoms with Crippen LogP contribution in [0.5, 0.6) is 0 Å². The Morgan fingerprint density at radius 3 is 2.79 bits per heavy atom. The van der Waals surface area contributed by atoms with Crippen LogP contribution in [0.4, 0.5) is 10.1 Å². The van der Waals surface area contributed by atoms with Crippen molar-refractivity contribution in [3.63, 3.8) is 0 Å². The van der Waals surface area contributed by atoms with Gasteiger partial charge in [-0.05, 0) is 42.9 Å². The average molecular weight is 481 g/mol. The van der Waals surface area contributed by atoms with Crippen molar-refractivity contribution < 1.29 is 9.18 Å². The number of rotatable bonds is 3. The Morgan fingerprint density at radius 1 is 1.21 bits per heavy atom. The summed E-state index contributed by atoms with van der Waals surface area (Å²) in [4.78, 5) is 36.4. The fourth-order valence-electron chi connectivity index (χ4n) is 5.10. The number of anilines is 1. The van der Waals surface area contributed by atoms with Crippen LogP contribution >= 0.6 is 11.3 Å². The Bertz CT molecular complexity index is 1470. The lowest BCUT2D eigenvalue weighted by molar-refractivity contribution is -0.132. The molecule has 1 aliphatic carbocycles. The van der Waals surface area contributed by atoms with Gasteiger partial charge in [-0.15, -0.1) is 16.4 Å². The van der Waals surface area contributed by atoms with Crippen LogP contribution < -0.4 is 10.6 Å². The molecule has 176 valence electrons. The Kier molecular flexibility index (Phi) is 5.13. The van der Waals surface area contributed by atoms with E-state index in [9.17, 15) is 14.0 Å². The van der Waals surface area contributed by atoms with Crippen molar-refractivity contribution in [3.8, 4) is 0 Å². The van der Waals surface area contributed by atoms with Gasteiger partial charge >= 0.3 is 5.69 Å². The van der Waals surface area contributed by atoms with E-state index >= 15 is 0 Å². The third-order valence-corrected chi connectivity index (χ3v) is 8.15. The topological polar surface area (TPSA) is 75.7 Å². The predicted molar refractivity (Wildman–Crippen MR) is 129 cm³/mol. The van der Waals surface area contributed by atoms with Gasteiger partial charge in [0, 0.05) is 31.1 Å². The summed E-state index contributed by atoms with van der Waals surface area (Å²) < 4.78 is 16.8. The molecule has 0 saturated carbocycles. The Labute approximate surface area is 199 Å². The van der Waals surface area contributed by atoms with Gasteiger partial charge in [-0.1, -0.05) is 19.1 Å². The van der Waals surface area contributed by atoms with E-state index in [0.717, 1.165) is 29.5 Å². The third-order valence-electron chi connectivity index (χ3n) is 6.99. The molecule has 0 N–H and O–H groups in total. The van der Waals surface area contributed by atoms with Gasteiger partial charge in [-0.25, -0.2) is 23.3 Å². The number of thiophene rings is 1. The van der Waals surface area contributed by atoms with Crippen molar-refractivity contribution in [2.24, 2.45) is 5.92 Å². The number of benzene rings is 1. The van der Waals surface area contributed by atoms with Crippen molar-refractivity contribution in [1.29, 1.82) is 0 Å². The highest BCUT2D eigenvalue weighted by atomic mass is 32.1. The molecule has 34 heavy (non-hydrogen) atoms. The minimum atomic E-state index is -0.355. The summed E-state index contributed by atoms with van der Waals surface area (Å²) in [6.45, 7) is 4.16. The first-order chi connectivity index (χ1) is 16.5. The lowest BCUT2D eigenvalue weighted by atomic mass is 9.89. The summed E-state index contributed by atoms with van der Waals surface area (Å²) in [7, 11) is 0. The maximum absolute atomic E-state index is 14.1. The Morgan fingerprint density at radius 2 is 2.00 bits per heavy atom. The fraction of sp³-hybridized carbons (Fsp3) is 0.417. The molecule has 0 bridgehead atoms. The minimum absolute atomic E-state index is 0.120. The third kappa shape index (κ3) is 3.48. The second-order valence-corrected chi connectivity index (χ2v) is 10.3. The molecule has 10 heteroatoms. The largest absolute Gasteiger partial charge is 0.366 e. The standard InChI is InChI=1S/C24H25FN6O2S/c1-15-6-7-16-19(12-15)34-23-21(16)22-27-31(24(33)30(22)14-26-23)13-20(32)29-10-8-28(9-11-29)18-5-3-2-4-17(18)25/h2-5,14-15H,6-13H2,1H3. The molecule has 1 unspecified atom stereocenters. The van der Waals surface area contributed by atoms with Crippen molar-refractivity contribution in [1.82, 2.24) is 24.1 Å². The monoisotopic (exact) mass is 480 g/mol. The van der Waals surface area contributed by atoms with Crippen LogP contribution in [0.2, 0.25) is 0 Å². The molecule has 6 rings (SSSR count). The van der Waals surface area contributed by atoms with Crippen LogP contribution in [0.1, 0.15) is 23.8 Å². The summed E-state index contributed by atoms with van der Waals surface area (Å²) >= 11 is 1.69. The molecule has 1 fully saturated rings. The maximum atomic E-state index is 14.1. The van der Waals surface area contributed by atoms with Crippen molar-refractivity contribution in [2.75, 3.05) is 31.1 Å². The first-order valence-corrected chi connectivity index (χ1v) is 12.5. The first-order valence-electron chi connectivity index (χ1n) is 11.7. The second-order valence-electron chi connectivity index (χ2n) is 9.23. The quantitative estimate of drug-likeness (QED) is 0.451. The van der Waals surface area contributed by atoms with Crippen LogP contribution in [0, 0.1) is 11.7 Å². The SMILES string of the molecule is CC1CCc2c(sc3ncn4c(=O)n(CC(=O)N5CCN(c6ccccc6F)CC5)nc4c23)C1. The number of amides is 1. The molecule has 1 amide bonds. The summed E-state index contributed by atoms with van der Waals surface area (Å²) in [5, 5.41) is 5.53. The van der Waals surface area contributed by atoms with E-state index in [-0.39, 0.29) is 24.0 Å². The molecule has 4 heterocycles. The molecule has 2 aliphatic rings. The highest BCUT2D eigenvalue weighted by molar-refractivity contribution is 7.19. The van der Waals surface area contributed by atoms with Crippen molar-refractivity contribution in [3.05, 3.63) is 57.3 Å². The van der Waals surface area contributed by atoms with E-state index in [0.29, 0.717) is 43.4 Å². The first kappa shape index (κ1) is 21.3. The maximum Gasteiger partial charge on any atom is 0.352 e. The van der Waals surface area contributed by atoms with Crippen molar-refractivity contribution in [2.45, 2.75) is 32.7 Å². The number of fused-ring (bicyclic) bond motifs is 5. The van der Waals surface area contributed by atoms with E-state index < -0.39 is 0 Å². The number of halogens is 1. The minimum Gasteiger partial charge on any atom is -0.366 e. The van der Waals surface area contributed by atoms with E-state index in [1.54, 1.807) is 28.4 Å². The number of piperazine rings is 1. The molecule has 0 radical (unpaired) electrons. The van der Waals surface area contributed by atoms with Gasteiger partial charge in [0.2, 0.25) is 5.91 Å². The number of carbonyl (C=O) groups excluding carboxylic acids is 1. The van der Waals surface area contributed by atoms with Gasteiger partial charge in [0.15, 0.2) is 5.65 Å². The van der Waals surface area contributed by atoms with E-state index in [1.165, 1.54) is 31.9 Å². The lowest BCUT2D eigenvalue weighted by Gasteiger charge is -2.36. The predicted octanol–water partition coefficient (Wildman–Crippen LogP) is 2.72. The summed E-state index contributed by atoms with van der Waals surface area (Å²) in [6.07, 6.45) is 4.63. The van der Waals surface area contributed by atoms with E-state index in [4.69, 9.17) is 0 Å². The summed E-state index contributed by atoms with van der Waals surface area (Å²) in [6, 6.07) is 6.67. The van der Waals surface area contributed by atoms with Gasteiger partial charge in [0.25, 0.3) is 0 Å². The van der Waals surface area contributed by atoms with Crippen LogP contribution in [-0.2, 0) is 24.2 Å². The van der Waals surface area contributed by atoms with Crippen LogP contribution in [0.25, 0.3) is 15.9 Å². The molecular weight excluding hydrogens is 455 g/mol. The molecule has 1 aromatic carbocycles. The highest BCUT2D eigenvalue weighted by Crippen LogP contribution is 2.38. The smallest absolute Gasteiger partial charge is 0.352 e. The van der Waals surface area contributed by atoms with Gasteiger partial charge in [0.1, 0.15) is 23.5 Å². The molecule has 1 atom stereocenters. The number of nitrogens with zero attached hydrogens (tertiary/aromatic N) is 6. The molecular formula is C24H25FN6O2S. The zero-order valence-electron chi connectivity index (χ0n) is 18.9. The fourth-order valence-corrected chi connectivity index (χ4v) is 6.44. The normalized spacial score (nSPS) is 18.6. The van der Waals surface area contributed by atoms with Gasteiger partial charge < -0.3 is 9.80 Å². The average Bonchev–Trinajstić information content (AvgIpc) is 3.36. The van der Waals surface area contributed by atoms with Crippen molar-refractivity contribution >= 4 is 38.8 Å². The molecule has 0 spiro atoms. The zero-order valence-corrected chi connectivity index (χ0v) is 19.7. The van der Waals surface area contributed by atoms with Crippen LogP contribution in [-0.4, -0.2) is 56.2 Å². The highest BCUT2D eigenvalue weighted by Gasteiger charge is 2.26. The molecule has 1 saturated heterocycles. The van der Waals surface area contributed by atoms with Crippen LogP contribution in [0.15, 0.2) is 35.4 Å². The zero-order chi connectivity index (χ0) is 23.4.